The van der Waals surface area contributed by atoms with Crippen LogP contribution in [0.1, 0.15) is 64.2 Å². The molecular formula is C16H28N2O2. The summed E-state index contributed by atoms with van der Waals surface area (Å²) in [5, 5.41) is 6.41. The van der Waals surface area contributed by atoms with Gasteiger partial charge in [-0.25, -0.2) is 0 Å². The third-order valence-electron chi connectivity index (χ3n) is 4.95. The maximum absolute atomic E-state index is 11.5. The van der Waals surface area contributed by atoms with Gasteiger partial charge in [0.2, 0.25) is 5.91 Å². The number of hydrogen-bond donors (Lipinski definition) is 2. The van der Waals surface area contributed by atoms with Gasteiger partial charge < -0.3 is 15.4 Å². The Bertz CT molecular complexity index is 335. The molecule has 1 unspecified atom stereocenters. The zero-order valence-corrected chi connectivity index (χ0v) is 12.5. The van der Waals surface area contributed by atoms with Crippen LogP contribution in [0.5, 0.6) is 0 Å². The van der Waals surface area contributed by atoms with E-state index in [0.29, 0.717) is 18.6 Å². The lowest BCUT2D eigenvalue weighted by atomic mass is 9.83. The van der Waals surface area contributed by atoms with E-state index in [1.807, 2.05) is 0 Å². The first kappa shape index (κ1) is 14.3. The van der Waals surface area contributed by atoms with Gasteiger partial charge in [-0.3, -0.25) is 4.79 Å². The zero-order valence-electron chi connectivity index (χ0n) is 12.5. The van der Waals surface area contributed by atoms with E-state index in [1.54, 1.807) is 0 Å². The van der Waals surface area contributed by atoms with E-state index in [2.05, 4.69) is 10.6 Å². The van der Waals surface area contributed by atoms with E-state index in [0.717, 1.165) is 25.9 Å². The zero-order chi connectivity index (χ0) is 13.8. The molecule has 0 aromatic heterocycles. The predicted octanol–water partition coefficient (Wildman–Crippen LogP) is 2.13. The van der Waals surface area contributed by atoms with Crippen molar-refractivity contribution in [2.75, 3.05) is 13.1 Å². The molecular weight excluding hydrogens is 252 g/mol. The summed E-state index contributed by atoms with van der Waals surface area (Å²) in [5.41, 5.74) is 0.216. The molecule has 0 bridgehead atoms. The molecule has 1 spiro atoms. The highest BCUT2D eigenvalue weighted by Crippen LogP contribution is 2.41. The summed E-state index contributed by atoms with van der Waals surface area (Å²) >= 11 is 0. The lowest BCUT2D eigenvalue weighted by Crippen LogP contribution is -2.36. The Labute approximate surface area is 122 Å². The molecule has 20 heavy (non-hydrogen) atoms. The summed E-state index contributed by atoms with van der Waals surface area (Å²) < 4.78 is 6.31. The van der Waals surface area contributed by atoms with E-state index in [1.165, 1.54) is 44.9 Å². The Kier molecular flexibility index (Phi) is 4.61. The Morgan fingerprint density at radius 1 is 1.10 bits per heavy atom. The topological polar surface area (TPSA) is 50.4 Å². The van der Waals surface area contributed by atoms with Gasteiger partial charge in [0, 0.05) is 25.6 Å². The van der Waals surface area contributed by atoms with Crippen molar-refractivity contribution in [1.29, 1.82) is 0 Å². The standard InChI is InChI=1S/C16H28N2O2/c19-15(18-13-4-5-13)7-11-17-12-14-6-10-16(20-14)8-2-1-3-9-16/h13-14,17H,1-12H2,(H,18,19). The summed E-state index contributed by atoms with van der Waals surface area (Å²) in [4.78, 5) is 11.5. The summed E-state index contributed by atoms with van der Waals surface area (Å²) in [6, 6.07) is 0.479. The molecule has 3 rings (SSSR count). The van der Waals surface area contributed by atoms with Gasteiger partial charge in [-0.05, 0) is 38.5 Å². The van der Waals surface area contributed by atoms with Gasteiger partial charge in [-0.1, -0.05) is 19.3 Å². The van der Waals surface area contributed by atoms with Crippen molar-refractivity contribution < 1.29 is 9.53 Å². The summed E-state index contributed by atoms with van der Waals surface area (Å²) in [6.45, 7) is 1.67. The van der Waals surface area contributed by atoms with Crippen molar-refractivity contribution in [2.45, 2.75) is 82.0 Å². The first-order chi connectivity index (χ1) is 9.76. The van der Waals surface area contributed by atoms with Gasteiger partial charge in [0.15, 0.2) is 0 Å². The van der Waals surface area contributed by atoms with Crippen molar-refractivity contribution in [1.82, 2.24) is 10.6 Å². The van der Waals surface area contributed by atoms with Crippen LogP contribution in [0, 0.1) is 0 Å². The second-order valence-corrected chi connectivity index (χ2v) is 6.82. The minimum absolute atomic E-state index is 0.191. The minimum Gasteiger partial charge on any atom is -0.370 e. The number of hydrogen-bond acceptors (Lipinski definition) is 3. The Morgan fingerprint density at radius 2 is 1.90 bits per heavy atom. The lowest BCUT2D eigenvalue weighted by Gasteiger charge is -2.33. The Balaban J connectivity index is 1.28. The van der Waals surface area contributed by atoms with E-state index in [4.69, 9.17) is 4.74 Å². The molecule has 1 heterocycles. The third kappa shape index (κ3) is 3.95. The molecule has 1 atom stereocenters. The fourth-order valence-corrected chi connectivity index (χ4v) is 3.60. The van der Waals surface area contributed by atoms with Crippen LogP contribution in [0.25, 0.3) is 0 Å². The van der Waals surface area contributed by atoms with Crippen LogP contribution < -0.4 is 10.6 Å². The maximum Gasteiger partial charge on any atom is 0.221 e. The summed E-state index contributed by atoms with van der Waals surface area (Å²) in [7, 11) is 0. The molecule has 0 aromatic rings. The van der Waals surface area contributed by atoms with E-state index in [-0.39, 0.29) is 11.5 Å². The van der Waals surface area contributed by atoms with Crippen LogP contribution in [0.4, 0.5) is 0 Å². The number of nitrogens with one attached hydrogen (secondary N) is 2. The molecule has 4 heteroatoms. The van der Waals surface area contributed by atoms with Crippen LogP contribution in [0.15, 0.2) is 0 Å². The monoisotopic (exact) mass is 280 g/mol. The highest BCUT2D eigenvalue weighted by molar-refractivity contribution is 5.76. The Hall–Kier alpha value is -0.610. The minimum atomic E-state index is 0.191. The number of carbonyl (C=O) groups is 1. The fraction of sp³-hybridized carbons (Fsp3) is 0.938. The molecule has 1 amide bonds. The first-order valence-corrected chi connectivity index (χ1v) is 8.44. The first-order valence-electron chi connectivity index (χ1n) is 8.44. The van der Waals surface area contributed by atoms with Crippen molar-refractivity contribution in [2.24, 2.45) is 0 Å². The average Bonchev–Trinajstić information content (AvgIpc) is 3.18. The second kappa shape index (κ2) is 6.44. The molecule has 0 radical (unpaired) electrons. The van der Waals surface area contributed by atoms with Gasteiger partial charge in [0.1, 0.15) is 0 Å². The molecule has 3 fully saturated rings. The van der Waals surface area contributed by atoms with Crippen LogP contribution >= 0.6 is 0 Å². The Morgan fingerprint density at radius 3 is 2.65 bits per heavy atom. The smallest absolute Gasteiger partial charge is 0.221 e. The van der Waals surface area contributed by atoms with Crippen LogP contribution in [0.2, 0.25) is 0 Å². The second-order valence-electron chi connectivity index (χ2n) is 6.82. The van der Waals surface area contributed by atoms with E-state index in [9.17, 15) is 4.79 Å². The van der Waals surface area contributed by atoms with Crippen molar-refractivity contribution >= 4 is 5.91 Å². The normalized spacial score (nSPS) is 28.7. The number of ether oxygens (including phenoxy) is 1. The number of rotatable bonds is 6. The number of amides is 1. The summed E-state index contributed by atoms with van der Waals surface area (Å²) in [6.07, 6.45) is 12.3. The molecule has 4 nitrogen and oxygen atoms in total. The highest BCUT2D eigenvalue weighted by Gasteiger charge is 2.40. The van der Waals surface area contributed by atoms with Crippen molar-refractivity contribution in [3.63, 3.8) is 0 Å². The molecule has 2 aliphatic carbocycles. The molecule has 2 saturated carbocycles. The quantitative estimate of drug-likeness (QED) is 0.733. The molecule has 114 valence electrons. The molecule has 3 aliphatic rings. The van der Waals surface area contributed by atoms with Gasteiger partial charge in [-0.15, -0.1) is 0 Å². The van der Waals surface area contributed by atoms with Gasteiger partial charge in [0.25, 0.3) is 0 Å². The van der Waals surface area contributed by atoms with Gasteiger partial charge >= 0.3 is 0 Å². The molecule has 1 saturated heterocycles. The van der Waals surface area contributed by atoms with Crippen molar-refractivity contribution in [3.05, 3.63) is 0 Å². The molecule has 0 aromatic carbocycles. The molecule has 1 aliphatic heterocycles. The predicted molar refractivity (Wildman–Crippen MR) is 78.6 cm³/mol. The third-order valence-corrected chi connectivity index (χ3v) is 4.95. The SMILES string of the molecule is O=C(CCNCC1CCC2(CCCCC2)O1)NC1CC1. The van der Waals surface area contributed by atoms with Crippen LogP contribution in [-0.2, 0) is 9.53 Å². The summed E-state index contributed by atoms with van der Waals surface area (Å²) in [5.74, 6) is 0.191. The van der Waals surface area contributed by atoms with Gasteiger partial charge in [0.05, 0.1) is 11.7 Å². The van der Waals surface area contributed by atoms with Gasteiger partial charge in [-0.2, -0.15) is 0 Å². The largest absolute Gasteiger partial charge is 0.370 e. The number of carbonyl (C=O) groups excluding carboxylic acids is 1. The fourth-order valence-electron chi connectivity index (χ4n) is 3.60. The van der Waals surface area contributed by atoms with E-state index >= 15 is 0 Å². The maximum atomic E-state index is 11.5. The van der Waals surface area contributed by atoms with E-state index < -0.39 is 0 Å². The highest BCUT2D eigenvalue weighted by atomic mass is 16.5. The molecule has 2 N–H and O–H groups in total. The lowest BCUT2D eigenvalue weighted by molar-refractivity contribution is -0.121. The van der Waals surface area contributed by atoms with Crippen molar-refractivity contribution in [3.8, 4) is 0 Å². The van der Waals surface area contributed by atoms with Crippen LogP contribution in [-0.4, -0.2) is 36.7 Å². The van der Waals surface area contributed by atoms with Crippen LogP contribution in [0.3, 0.4) is 0 Å². The average molecular weight is 280 g/mol.